The van der Waals surface area contributed by atoms with E-state index in [0.29, 0.717) is 0 Å². The van der Waals surface area contributed by atoms with Crippen LogP contribution in [-0.2, 0) is 11.0 Å². The van der Waals surface area contributed by atoms with Gasteiger partial charge in [0.2, 0.25) is 5.91 Å². The van der Waals surface area contributed by atoms with Crippen LogP contribution < -0.4 is 5.32 Å². The van der Waals surface area contributed by atoms with Gasteiger partial charge in [0.05, 0.1) is 5.69 Å². The van der Waals surface area contributed by atoms with Crippen molar-refractivity contribution in [3.63, 3.8) is 0 Å². The first-order chi connectivity index (χ1) is 7.71. The van der Waals surface area contributed by atoms with Crippen LogP contribution in [-0.4, -0.2) is 10.9 Å². The summed E-state index contributed by atoms with van der Waals surface area (Å²) in [7, 11) is 0. The zero-order chi connectivity index (χ0) is 13.2. The molecular weight excluding hydrogens is 257 g/mol. The lowest BCUT2D eigenvalue weighted by Gasteiger charge is -2.14. The van der Waals surface area contributed by atoms with Gasteiger partial charge in [-0.05, 0) is 12.1 Å². The second kappa shape index (κ2) is 4.91. The number of carbonyl (C=O) groups is 1. The van der Waals surface area contributed by atoms with Gasteiger partial charge in [0.1, 0.15) is 5.15 Å². The van der Waals surface area contributed by atoms with Crippen LogP contribution in [0.3, 0.4) is 0 Å². The van der Waals surface area contributed by atoms with Gasteiger partial charge in [-0.2, -0.15) is 13.2 Å². The third-order valence-corrected chi connectivity index (χ3v) is 2.12. The highest BCUT2D eigenvalue weighted by Crippen LogP contribution is 2.34. The molecule has 1 aromatic rings. The van der Waals surface area contributed by atoms with Crippen molar-refractivity contribution in [2.45, 2.75) is 20.0 Å². The van der Waals surface area contributed by atoms with Crippen molar-refractivity contribution in [2.24, 2.45) is 5.92 Å². The Morgan fingerprint density at radius 1 is 1.41 bits per heavy atom. The number of carbonyl (C=O) groups excluding carboxylic acids is 1. The van der Waals surface area contributed by atoms with Gasteiger partial charge in [-0.15, -0.1) is 0 Å². The third kappa shape index (κ3) is 3.59. The lowest BCUT2D eigenvalue weighted by atomic mass is 10.2. The minimum atomic E-state index is -4.66. The van der Waals surface area contributed by atoms with Gasteiger partial charge in [-0.1, -0.05) is 25.4 Å². The number of aromatic nitrogens is 1. The zero-order valence-corrected chi connectivity index (χ0v) is 9.86. The number of nitrogens with one attached hydrogen (secondary N) is 1. The minimum Gasteiger partial charge on any atom is -0.324 e. The number of hydrogen-bond acceptors (Lipinski definition) is 2. The highest BCUT2D eigenvalue weighted by molar-refractivity contribution is 6.29. The van der Waals surface area contributed by atoms with E-state index in [1.54, 1.807) is 13.8 Å². The molecule has 0 radical (unpaired) electrons. The van der Waals surface area contributed by atoms with Crippen molar-refractivity contribution in [1.82, 2.24) is 4.98 Å². The first-order valence-corrected chi connectivity index (χ1v) is 5.14. The predicted molar refractivity (Wildman–Crippen MR) is 57.7 cm³/mol. The van der Waals surface area contributed by atoms with E-state index in [1.165, 1.54) is 6.07 Å². The summed E-state index contributed by atoms with van der Waals surface area (Å²) in [5.41, 5.74) is -1.58. The monoisotopic (exact) mass is 266 g/mol. The molecule has 0 aliphatic rings. The summed E-state index contributed by atoms with van der Waals surface area (Å²) in [6.45, 7) is 3.15. The Morgan fingerprint density at radius 3 is 2.47 bits per heavy atom. The number of halogens is 4. The maximum absolute atomic E-state index is 12.6. The SMILES string of the molecule is CC(C)C(=O)Nc1ccc(Cl)nc1C(F)(F)F. The Hall–Kier alpha value is -1.30. The summed E-state index contributed by atoms with van der Waals surface area (Å²) in [4.78, 5) is 14.5. The second-order valence-corrected chi connectivity index (χ2v) is 4.06. The summed E-state index contributed by atoms with van der Waals surface area (Å²) in [6.07, 6.45) is -4.66. The quantitative estimate of drug-likeness (QED) is 0.834. The van der Waals surface area contributed by atoms with Crippen molar-refractivity contribution in [3.8, 4) is 0 Å². The summed E-state index contributed by atoms with van der Waals surface area (Å²) in [5, 5.41) is 1.89. The van der Waals surface area contributed by atoms with Crippen LogP contribution in [0.1, 0.15) is 19.5 Å². The average Bonchev–Trinajstić information content (AvgIpc) is 2.18. The molecule has 1 N–H and O–H groups in total. The molecule has 94 valence electrons. The fraction of sp³-hybridized carbons (Fsp3) is 0.400. The van der Waals surface area contributed by atoms with E-state index in [-0.39, 0.29) is 10.8 Å². The van der Waals surface area contributed by atoms with Gasteiger partial charge in [0.25, 0.3) is 0 Å². The Bertz CT molecular complexity index is 432. The highest BCUT2D eigenvalue weighted by Gasteiger charge is 2.36. The van der Waals surface area contributed by atoms with Gasteiger partial charge in [0.15, 0.2) is 5.69 Å². The summed E-state index contributed by atoms with van der Waals surface area (Å²) in [5.74, 6) is -0.939. The molecule has 1 amide bonds. The van der Waals surface area contributed by atoms with Crippen LogP contribution in [0.25, 0.3) is 0 Å². The van der Waals surface area contributed by atoms with Gasteiger partial charge in [0, 0.05) is 5.92 Å². The largest absolute Gasteiger partial charge is 0.435 e. The fourth-order valence-corrected chi connectivity index (χ4v) is 1.18. The molecule has 17 heavy (non-hydrogen) atoms. The molecule has 1 heterocycles. The number of amides is 1. The van der Waals surface area contributed by atoms with E-state index in [2.05, 4.69) is 10.3 Å². The summed E-state index contributed by atoms with van der Waals surface area (Å²) < 4.78 is 37.8. The Balaban J connectivity index is 3.12. The average molecular weight is 267 g/mol. The fourth-order valence-electron chi connectivity index (χ4n) is 1.03. The van der Waals surface area contributed by atoms with Gasteiger partial charge >= 0.3 is 6.18 Å². The number of nitrogens with zero attached hydrogens (tertiary/aromatic N) is 1. The molecule has 1 rings (SSSR count). The first-order valence-electron chi connectivity index (χ1n) is 4.76. The molecule has 0 aliphatic heterocycles. The molecule has 0 bridgehead atoms. The van der Waals surface area contributed by atoms with E-state index in [1.807, 2.05) is 0 Å². The maximum atomic E-state index is 12.6. The second-order valence-electron chi connectivity index (χ2n) is 3.67. The van der Waals surface area contributed by atoms with Crippen molar-refractivity contribution >= 4 is 23.2 Å². The van der Waals surface area contributed by atoms with Gasteiger partial charge < -0.3 is 5.32 Å². The van der Waals surface area contributed by atoms with E-state index in [4.69, 9.17) is 11.6 Å². The first kappa shape index (κ1) is 13.8. The maximum Gasteiger partial charge on any atom is 0.435 e. The molecule has 3 nitrogen and oxygen atoms in total. The van der Waals surface area contributed by atoms with E-state index in [0.717, 1.165) is 6.07 Å². The topological polar surface area (TPSA) is 42.0 Å². The molecular formula is C10H10ClF3N2O. The van der Waals surface area contributed by atoms with Crippen molar-refractivity contribution < 1.29 is 18.0 Å². The number of pyridine rings is 1. The van der Waals surface area contributed by atoms with E-state index in [9.17, 15) is 18.0 Å². The number of hydrogen-bond donors (Lipinski definition) is 1. The molecule has 0 aromatic carbocycles. The van der Waals surface area contributed by atoms with Crippen LogP contribution in [0.4, 0.5) is 18.9 Å². The molecule has 0 atom stereocenters. The number of anilines is 1. The van der Waals surface area contributed by atoms with E-state index >= 15 is 0 Å². The molecule has 1 aromatic heterocycles. The minimum absolute atomic E-state index is 0.278. The Morgan fingerprint density at radius 2 is 2.00 bits per heavy atom. The molecule has 0 unspecified atom stereocenters. The van der Waals surface area contributed by atoms with Crippen LogP contribution in [0.15, 0.2) is 12.1 Å². The number of alkyl halides is 3. The number of rotatable bonds is 2. The van der Waals surface area contributed by atoms with Crippen LogP contribution in [0.2, 0.25) is 5.15 Å². The zero-order valence-electron chi connectivity index (χ0n) is 9.10. The van der Waals surface area contributed by atoms with Gasteiger partial charge in [-0.25, -0.2) is 4.98 Å². The Labute approximate surface area is 101 Å². The Kier molecular flexibility index (Phi) is 3.98. The molecule has 0 saturated carbocycles. The van der Waals surface area contributed by atoms with Gasteiger partial charge in [-0.3, -0.25) is 4.79 Å². The van der Waals surface area contributed by atoms with Crippen molar-refractivity contribution in [1.29, 1.82) is 0 Å². The lowest BCUT2D eigenvalue weighted by Crippen LogP contribution is -2.21. The van der Waals surface area contributed by atoms with Crippen molar-refractivity contribution in [3.05, 3.63) is 23.0 Å². The van der Waals surface area contributed by atoms with Crippen molar-refractivity contribution in [2.75, 3.05) is 5.32 Å². The van der Waals surface area contributed by atoms with Crippen LogP contribution in [0, 0.1) is 5.92 Å². The highest BCUT2D eigenvalue weighted by atomic mass is 35.5. The lowest BCUT2D eigenvalue weighted by molar-refractivity contribution is -0.140. The summed E-state index contributed by atoms with van der Waals surface area (Å²) >= 11 is 5.40. The molecule has 0 aliphatic carbocycles. The van der Waals surface area contributed by atoms with Crippen LogP contribution >= 0.6 is 11.6 Å². The smallest absolute Gasteiger partial charge is 0.324 e. The molecule has 0 spiro atoms. The summed E-state index contributed by atoms with van der Waals surface area (Å²) in [6, 6.07) is 2.27. The standard InChI is InChI=1S/C10H10ClF3N2O/c1-5(2)9(17)15-6-3-4-7(11)16-8(6)10(12,13)14/h3-5H,1-2H3,(H,15,17). The van der Waals surface area contributed by atoms with Crippen LogP contribution in [0.5, 0.6) is 0 Å². The molecule has 0 fully saturated rings. The normalized spacial score (nSPS) is 11.7. The molecule has 0 saturated heterocycles. The predicted octanol–water partition coefficient (Wildman–Crippen LogP) is 3.35. The van der Waals surface area contributed by atoms with E-state index < -0.39 is 23.7 Å². The molecule has 7 heteroatoms. The third-order valence-electron chi connectivity index (χ3n) is 1.91.